The number of hydrogen-bond acceptors (Lipinski definition) is 6. The van der Waals surface area contributed by atoms with Crippen LogP contribution in [0.3, 0.4) is 0 Å². The average Bonchev–Trinajstić information content (AvgIpc) is 2.44. The first-order valence-corrected chi connectivity index (χ1v) is 5.76. The number of likely N-dealkylation sites (N-methyl/N-ethyl adjacent to an activating group) is 1. The van der Waals surface area contributed by atoms with Crippen molar-refractivity contribution in [3.8, 4) is 0 Å². The third-order valence-electron chi connectivity index (χ3n) is 3.08. The molecule has 0 saturated heterocycles. The fourth-order valence-electron chi connectivity index (χ4n) is 1.77. The third kappa shape index (κ3) is 2.35. The number of fused-ring (bicyclic) bond motifs is 1. The predicted octanol–water partition coefficient (Wildman–Crippen LogP) is 1.45. The SMILES string of the molecule is CC(C(=O)O)N(C)c1ncnc2ccc([N+](=O)[O-])cc12. The molecule has 1 aromatic carbocycles. The summed E-state index contributed by atoms with van der Waals surface area (Å²) >= 11 is 0. The number of rotatable bonds is 4. The van der Waals surface area contributed by atoms with Crippen molar-refractivity contribution in [2.45, 2.75) is 13.0 Å². The number of carboxylic acid groups (broad SMARTS) is 1. The Morgan fingerprint density at radius 3 is 2.75 bits per heavy atom. The number of carboxylic acids is 1. The van der Waals surface area contributed by atoms with Gasteiger partial charge in [0.1, 0.15) is 18.2 Å². The highest BCUT2D eigenvalue weighted by atomic mass is 16.6. The molecule has 1 N–H and O–H groups in total. The monoisotopic (exact) mass is 276 g/mol. The van der Waals surface area contributed by atoms with Crippen LogP contribution in [-0.4, -0.2) is 39.1 Å². The first kappa shape index (κ1) is 13.7. The number of hydrogen-bond donors (Lipinski definition) is 1. The molecule has 8 nitrogen and oxygen atoms in total. The van der Waals surface area contributed by atoms with Gasteiger partial charge < -0.3 is 10.0 Å². The Labute approximate surface area is 113 Å². The Kier molecular flexibility index (Phi) is 3.47. The molecule has 1 aromatic heterocycles. The highest BCUT2D eigenvalue weighted by Gasteiger charge is 2.21. The van der Waals surface area contributed by atoms with E-state index in [-0.39, 0.29) is 5.69 Å². The maximum atomic E-state index is 11.0. The lowest BCUT2D eigenvalue weighted by Gasteiger charge is -2.23. The molecule has 1 atom stereocenters. The standard InChI is InChI=1S/C12H12N4O4/c1-7(12(17)18)15(2)11-9-5-8(16(19)20)3-4-10(9)13-6-14-11/h3-7H,1-2H3,(H,17,18). The summed E-state index contributed by atoms with van der Waals surface area (Å²) in [5.41, 5.74) is 0.426. The second-order valence-electron chi connectivity index (χ2n) is 4.28. The van der Waals surface area contributed by atoms with E-state index in [4.69, 9.17) is 5.11 Å². The zero-order valence-electron chi connectivity index (χ0n) is 10.8. The highest BCUT2D eigenvalue weighted by Crippen LogP contribution is 2.27. The summed E-state index contributed by atoms with van der Waals surface area (Å²) in [6.07, 6.45) is 1.30. The molecule has 2 rings (SSSR count). The average molecular weight is 276 g/mol. The van der Waals surface area contributed by atoms with Crippen LogP contribution >= 0.6 is 0 Å². The molecule has 0 bridgehead atoms. The van der Waals surface area contributed by atoms with E-state index in [0.717, 1.165) is 0 Å². The maximum absolute atomic E-state index is 11.0. The second kappa shape index (κ2) is 5.08. The Bertz CT molecular complexity index is 688. The molecule has 0 amide bonds. The number of nitro groups is 1. The Morgan fingerprint density at radius 1 is 1.45 bits per heavy atom. The minimum Gasteiger partial charge on any atom is -0.480 e. The van der Waals surface area contributed by atoms with E-state index in [1.807, 2.05) is 0 Å². The predicted molar refractivity (Wildman–Crippen MR) is 71.7 cm³/mol. The minimum atomic E-state index is -1.01. The van der Waals surface area contributed by atoms with Crippen LogP contribution in [0.5, 0.6) is 0 Å². The van der Waals surface area contributed by atoms with Crippen LogP contribution in [0.25, 0.3) is 10.9 Å². The Balaban J connectivity index is 2.60. The van der Waals surface area contributed by atoms with Crippen LogP contribution in [0.1, 0.15) is 6.92 Å². The number of benzene rings is 1. The molecule has 0 aliphatic rings. The molecule has 0 radical (unpaired) electrons. The molecule has 1 unspecified atom stereocenters. The van der Waals surface area contributed by atoms with Crippen molar-refractivity contribution >= 4 is 28.4 Å². The molecular weight excluding hydrogens is 264 g/mol. The van der Waals surface area contributed by atoms with Crippen molar-refractivity contribution in [1.29, 1.82) is 0 Å². The van der Waals surface area contributed by atoms with E-state index in [1.54, 1.807) is 7.05 Å². The van der Waals surface area contributed by atoms with E-state index in [9.17, 15) is 14.9 Å². The number of aliphatic carboxylic acids is 1. The summed E-state index contributed by atoms with van der Waals surface area (Å²) in [5.74, 6) is -0.668. The van der Waals surface area contributed by atoms with Gasteiger partial charge in [0, 0.05) is 24.6 Å². The Hall–Kier alpha value is -2.77. The van der Waals surface area contributed by atoms with Crippen LogP contribution in [0.4, 0.5) is 11.5 Å². The highest BCUT2D eigenvalue weighted by molar-refractivity contribution is 5.92. The molecule has 8 heteroatoms. The fourth-order valence-corrected chi connectivity index (χ4v) is 1.77. The van der Waals surface area contributed by atoms with Crippen LogP contribution in [0.15, 0.2) is 24.5 Å². The van der Waals surface area contributed by atoms with Crippen LogP contribution in [-0.2, 0) is 4.79 Å². The van der Waals surface area contributed by atoms with Gasteiger partial charge in [0.15, 0.2) is 0 Å². The summed E-state index contributed by atoms with van der Waals surface area (Å²) in [6.45, 7) is 1.51. The van der Waals surface area contributed by atoms with Crippen LogP contribution in [0.2, 0.25) is 0 Å². The zero-order valence-corrected chi connectivity index (χ0v) is 10.8. The molecule has 0 fully saturated rings. The van der Waals surface area contributed by atoms with Gasteiger partial charge in [-0.25, -0.2) is 14.8 Å². The quantitative estimate of drug-likeness (QED) is 0.664. The number of non-ortho nitro benzene ring substituents is 1. The first-order valence-electron chi connectivity index (χ1n) is 5.76. The lowest BCUT2D eigenvalue weighted by molar-refractivity contribution is -0.384. The summed E-state index contributed by atoms with van der Waals surface area (Å²) in [5, 5.41) is 20.3. The molecule has 2 aromatic rings. The van der Waals surface area contributed by atoms with Crippen molar-refractivity contribution < 1.29 is 14.8 Å². The van der Waals surface area contributed by atoms with Gasteiger partial charge in [0.25, 0.3) is 5.69 Å². The van der Waals surface area contributed by atoms with Crippen molar-refractivity contribution in [1.82, 2.24) is 9.97 Å². The molecule has 0 spiro atoms. The van der Waals surface area contributed by atoms with Crippen molar-refractivity contribution in [3.63, 3.8) is 0 Å². The van der Waals surface area contributed by atoms with Gasteiger partial charge in [-0.3, -0.25) is 10.1 Å². The fraction of sp³-hybridized carbons (Fsp3) is 0.250. The maximum Gasteiger partial charge on any atom is 0.326 e. The zero-order chi connectivity index (χ0) is 14.9. The van der Waals surface area contributed by atoms with Crippen LogP contribution in [0, 0.1) is 10.1 Å². The number of aromatic nitrogens is 2. The first-order chi connectivity index (χ1) is 9.41. The summed E-state index contributed by atoms with van der Waals surface area (Å²) < 4.78 is 0. The van der Waals surface area contributed by atoms with Gasteiger partial charge >= 0.3 is 5.97 Å². The molecule has 0 saturated carbocycles. The van der Waals surface area contributed by atoms with Gasteiger partial charge in [-0.15, -0.1) is 0 Å². The Morgan fingerprint density at radius 2 is 2.15 bits per heavy atom. The lowest BCUT2D eigenvalue weighted by Crippen LogP contribution is -2.36. The van der Waals surface area contributed by atoms with E-state index < -0.39 is 16.9 Å². The van der Waals surface area contributed by atoms with Crippen molar-refractivity contribution in [2.75, 3.05) is 11.9 Å². The van der Waals surface area contributed by atoms with Crippen molar-refractivity contribution in [3.05, 3.63) is 34.6 Å². The smallest absolute Gasteiger partial charge is 0.326 e. The molecule has 0 aliphatic heterocycles. The molecule has 104 valence electrons. The normalized spacial score (nSPS) is 12.1. The minimum absolute atomic E-state index is 0.0927. The molecule has 0 aliphatic carbocycles. The topological polar surface area (TPSA) is 109 Å². The van der Waals surface area contributed by atoms with E-state index in [0.29, 0.717) is 16.7 Å². The van der Waals surface area contributed by atoms with Gasteiger partial charge in [-0.2, -0.15) is 0 Å². The van der Waals surface area contributed by atoms with E-state index >= 15 is 0 Å². The second-order valence-corrected chi connectivity index (χ2v) is 4.28. The molecule has 20 heavy (non-hydrogen) atoms. The van der Waals surface area contributed by atoms with Crippen molar-refractivity contribution in [2.24, 2.45) is 0 Å². The number of nitrogens with zero attached hydrogens (tertiary/aromatic N) is 4. The third-order valence-corrected chi connectivity index (χ3v) is 3.08. The number of carbonyl (C=O) groups is 1. The van der Waals surface area contributed by atoms with E-state index in [2.05, 4.69) is 9.97 Å². The largest absolute Gasteiger partial charge is 0.480 e. The lowest BCUT2D eigenvalue weighted by atomic mass is 10.2. The number of nitro benzene ring substituents is 1. The van der Waals surface area contributed by atoms with Gasteiger partial charge in [0.05, 0.1) is 10.4 Å². The molecule has 1 heterocycles. The summed E-state index contributed by atoms with van der Waals surface area (Å²) in [7, 11) is 1.57. The number of anilines is 1. The van der Waals surface area contributed by atoms with Gasteiger partial charge in [-0.1, -0.05) is 0 Å². The van der Waals surface area contributed by atoms with Gasteiger partial charge in [-0.05, 0) is 13.0 Å². The molecular formula is C12H12N4O4. The summed E-state index contributed by atoms with van der Waals surface area (Å²) in [4.78, 5) is 30.8. The summed E-state index contributed by atoms with van der Waals surface area (Å²) in [6, 6.07) is 3.39. The van der Waals surface area contributed by atoms with E-state index in [1.165, 1.54) is 36.4 Å². The van der Waals surface area contributed by atoms with Gasteiger partial charge in [0.2, 0.25) is 0 Å². The van der Waals surface area contributed by atoms with Crippen LogP contribution < -0.4 is 4.90 Å².